The first-order valence-corrected chi connectivity index (χ1v) is 8.26. The summed E-state index contributed by atoms with van der Waals surface area (Å²) in [6, 6.07) is 12.7. The molecule has 2 amide bonds. The Morgan fingerprint density at radius 2 is 1.81 bits per heavy atom. The third-order valence-electron chi connectivity index (χ3n) is 4.00. The molecule has 0 bridgehead atoms. The molecule has 7 heteroatoms. The number of carboxylic acids is 1. The van der Waals surface area contributed by atoms with Crippen molar-refractivity contribution >= 4 is 40.8 Å². The number of carbonyl (C=O) groups excluding carboxylic acids is 3. The van der Waals surface area contributed by atoms with Gasteiger partial charge in [-0.15, -0.1) is 0 Å². The lowest BCUT2D eigenvalue weighted by Gasteiger charge is -2.15. The van der Waals surface area contributed by atoms with Gasteiger partial charge in [0, 0.05) is 5.69 Å². The number of hydrogen-bond donors (Lipinski definition) is 1. The Hall–Kier alpha value is -3.12. The highest BCUT2D eigenvalue weighted by Gasteiger charge is 2.38. The molecule has 1 N–H and O–H groups in total. The number of nitrogens with zero attached hydrogens (tertiary/aromatic N) is 1. The van der Waals surface area contributed by atoms with E-state index in [1.807, 2.05) is 19.1 Å². The fourth-order valence-corrected chi connectivity index (χ4v) is 2.81. The molecular formula is C19H14ClN2O4-. The van der Waals surface area contributed by atoms with Crippen molar-refractivity contribution < 1.29 is 19.5 Å². The summed E-state index contributed by atoms with van der Waals surface area (Å²) >= 11 is 6.06. The SMILES string of the molecule is CCc1ccc(N2C(=O)C(Cl)=C(Nc3cccc(C(=O)[O-])c3)C2=O)cc1. The number of rotatable bonds is 5. The average molecular weight is 370 g/mol. The zero-order valence-electron chi connectivity index (χ0n) is 13.8. The largest absolute Gasteiger partial charge is 0.545 e. The van der Waals surface area contributed by atoms with Gasteiger partial charge >= 0.3 is 0 Å². The molecule has 0 saturated carbocycles. The molecule has 0 saturated heterocycles. The zero-order valence-corrected chi connectivity index (χ0v) is 14.5. The first kappa shape index (κ1) is 17.7. The van der Waals surface area contributed by atoms with Crippen molar-refractivity contribution in [3.8, 4) is 0 Å². The lowest BCUT2D eigenvalue weighted by Crippen LogP contribution is -2.32. The number of hydrogen-bond acceptors (Lipinski definition) is 5. The fraction of sp³-hybridized carbons (Fsp3) is 0.105. The van der Waals surface area contributed by atoms with Crippen LogP contribution < -0.4 is 15.3 Å². The van der Waals surface area contributed by atoms with Crippen molar-refractivity contribution in [3.63, 3.8) is 0 Å². The molecule has 0 spiro atoms. The van der Waals surface area contributed by atoms with E-state index in [0.717, 1.165) is 16.9 Å². The van der Waals surface area contributed by atoms with E-state index in [0.29, 0.717) is 11.4 Å². The maximum Gasteiger partial charge on any atom is 0.283 e. The Morgan fingerprint density at radius 1 is 1.12 bits per heavy atom. The number of nitrogens with one attached hydrogen (secondary N) is 1. The van der Waals surface area contributed by atoms with Crippen LogP contribution in [0.25, 0.3) is 0 Å². The molecule has 0 atom stereocenters. The fourth-order valence-electron chi connectivity index (χ4n) is 2.59. The molecule has 0 aromatic heterocycles. The lowest BCUT2D eigenvalue weighted by atomic mass is 10.1. The molecule has 0 unspecified atom stereocenters. The second kappa shape index (κ2) is 7.01. The zero-order chi connectivity index (χ0) is 18.8. The minimum absolute atomic E-state index is 0.0597. The van der Waals surface area contributed by atoms with E-state index >= 15 is 0 Å². The van der Waals surface area contributed by atoms with Crippen LogP contribution in [-0.2, 0) is 16.0 Å². The molecule has 1 aliphatic rings. The van der Waals surface area contributed by atoms with Crippen molar-refractivity contribution in [2.75, 3.05) is 10.2 Å². The summed E-state index contributed by atoms with van der Waals surface area (Å²) in [5.74, 6) is -2.59. The molecule has 1 aliphatic heterocycles. The molecule has 1 heterocycles. The normalized spacial score (nSPS) is 14.2. The Labute approximate surface area is 154 Å². The molecule has 0 radical (unpaired) electrons. The van der Waals surface area contributed by atoms with E-state index in [-0.39, 0.29) is 16.3 Å². The van der Waals surface area contributed by atoms with Gasteiger partial charge in [0.1, 0.15) is 10.7 Å². The summed E-state index contributed by atoms with van der Waals surface area (Å²) in [6.45, 7) is 2.00. The predicted octanol–water partition coefficient (Wildman–Crippen LogP) is 2.05. The van der Waals surface area contributed by atoms with Gasteiger partial charge in [-0.25, -0.2) is 4.90 Å². The molecule has 132 valence electrons. The van der Waals surface area contributed by atoms with Crippen LogP contribution in [0.2, 0.25) is 0 Å². The minimum Gasteiger partial charge on any atom is -0.545 e. The van der Waals surface area contributed by atoms with E-state index in [9.17, 15) is 19.5 Å². The number of carbonyl (C=O) groups is 3. The van der Waals surface area contributed by atoms with Gasteiger partial charge in [0.2, 0.25) is 0 Å². The Bertz CT molecular complexity index is 935. The summed E-state index contributed by atoms with van der Waals surface area (Å²) in [5.41, 5.74) is 1.63. The second-order valence-corrected chi connectivity index (χ2v) is 6.03. The summed E-state index contributed by atoms with van der Waals surface area (Å²) in [6.07, 6.45) is 0.836. The number of carboxylic acid groups (broad SMARTS) is 1. The predicted molar refractivity (Wildman–Crippen MR) is 95.6 cm³/mol. The van der Waals surface area contributed by atoms with E-state index in [1.54, 1.807) is 18.2 Å². The smallest absolute Gasteiger partial charge is 0.283 e. The first-order valence-electron chi connectivity index (χ1n) is 7.88. The Kier molecular flexibility index (Phi) is 4.77. The van der Waals surface area contributed by atoms with Crippen LogP contribution in [-0.4, -0.2) is 17.8 Å². The maximum absolute atomic E-state index is 12.7. The highest BCUT2D eigenvalue weighted by molar-refractivity contribution is 6.53. The van der Waals surface area contributed by atoms with Crippen LogP contribution in [0.1, 0.15) is 22.8 Å². The van der Waals surface area contributed by atoms with Crippen LogP contribution in [0.3, 0.4) is 0 Å². The van der Waals surface area contributed by atoms with Gasteiger partial charge in [0.15, 0.2) is 0 Å². The lowest BCUT2D eigenvalue weighted by molar-refractivity contribution is -0.255. The topological polar surface area (TPSA) is 89.5 Å². The van der Waals surface area contributed by atoms with Gasteiger partial charge in [-0.1, -0.05) is 42.8 Å². The number of benzene rings is 2. The average Bonchev–Trinajstić information content (AvgIpc) is 2.85. The molecular weight excluding hydrogens is 356 g/mol. The summed E-state index contributed by atoms with van der Waals surface area (Å²) < 4.78 is 0. The Balaban J connectivity index is 1.89. The number of aryl methyl sites for hydroxylation is 1. The van der Waals surface area contributed by atoms with Crippen LogP contribution in [0.15, 0.2) is 59.3 Å². The minimum atomic E-state index is -1.35. The molecule has 2 aromatic carbocycles. The molecule has 6 nitrogen and oxygen atoms in total. The van der Waals surface area contributed by atoms with Gasteiger partial charge in [0.05, 0.1) is 11.7 Å². The third kappa shape index (κ3) is 3.19. The van der Waals surface area contributed by atoms with Crippen LogP contribution in [0.5, 0.6) is 0 Å². The molecule has 0 fully saturated rings. The van der Waals surface area contributed by atoms with Crippen molar-refractivity contribution in [1.82, 2.24) is 0 Å². The van der Waals surface area contributed by atoms with E-state index < -0.39 is 17.8 Å². The summed E-state index contributed by atoms with van der Waals surface area (Å²) in [5, 5.41) is 13.4. The van der Waals surface area contributed by atoms with E-state index in [4.69, 9.17) is 11.6 Å². The number of anilines is 2. The quantitative estimate of drug-likeness (QED) is 0.815. The highest BCUT2D eigenvalue weighted by atomic mass is 35.5. The van der Waals surface area contributed by atoms with Crippen molar-refractivity contribution in [3.05, 3.63) is 70.4 Å². The number of halogens is 1. The van der Waals surface area contributed by atoms with Crippen molar-refractivity contribution in [2.24, 2.45) is 0 Å². The van der Waals surface area contributed by atoms with Crippen molar-refractivity contribution in [2.45, 2.75) is 13.3 Å². The number of amides is 2. The molecule has 26 heavy (non-hydrogen) atoms. The van der Waals surface area contributed by atoms with Crippen LogP contribution in [0, 0.1) is 0 Å². The van der Waals surface area contributed by atoms with E-state index in [1.165, 1.54) is 18.2 Å². The molecule has 3 rings (SSSR count). The van der Waals surface area contributed by atoms with Crippen LogP contribution in [0.4, 0.5) is 11.4 Å². The number of imide groups is 1. The monoisotopic (exact) mass is 369 g/mol. The van der Waals surface area contributed by atoms with Gasteiger partial charge in [-0.05, 0) is 41.8 Å². The molecule has 0 aliphatic carbocycles. The maximum atomic E-state index is 12.7. The van der Waals surface area contributed by atoms with Gasteiger partial charge < -0.3 is 15.2 Å². The Morgan fingerprint density at radius 3 is 2.42 bits per heavy atom. The van der Waals surface area contributed by atoms with Gasteiger partial charge in [0.25, 0.3) is 11.8 Å². The third-order valence-corrected chi connectivity index (χ3v) is 4.35. The van der Waals surface area contributed by atoms with Gasteiger partial charge in [-0.3, -0.25) is 9.59 Å². The second-order valence-electron chi connectivity index (χ2n) is 5.65. The van der Waals surface area contributed by atoms with E-state index in [2.05, 4.69) is 5.32 Å². The van der Waals surface area contributed by atoms with Crippen molar-refractivity contribution in [1.29, 1.82) is 0 Å². The highest BCUT2D eigenvalue weighted by Crippen LogP contribution is 2.30. The first-order chi connectivity index (χ1) is 12.4. The standard InChI is InChI=1S/C19H15ClN2O4/c1-2-11-6-8-14(9-7-11)22-17(23)15(20)16(18(22)24)21-13-5-3-4-12(10-13)19(25)26/h3-10,21H,2H2,1H3,(H,25,26)/p-1. The molecule has 2 aromatic rings. The van der Waals surface area contributed by atoms with Gasteiger partial charge in [-0.2, -0.15) is 0 Å². The summed E-state index contributed by atoms with van der Waals surface area (Å²) in [7, 11) is 0. The number of aromatic carboxylic acids is 1. The van der Waals surface area contributed by atoms with Crippen LogP contribution >= 0.6 is 11.6 Å². The summed E-state index contributed by atoms with van der Waals surface area (Å²) in [4.78, 5) is 37.0.